The third-order valence-corrected chi connectivity index (χ3v) is 23.4. The van der Waals surface area contributed by atoms with E-state index < -0.39 is 187 Å². The minimum Gasteiger partial charge on any atom is -0.481 e. The lowest BCUT2D eigenvalue weighted by Crippen LogP contribution is -2.60. The molecule has 0 saturated heterocycles. The van der Waals surface area contributed by atoms with Crippen LogP contribution < -0.4 is 26.6 Å². The Hall–Kier alpha value is -11.0. The lowest BCUT2D eigenvalue weighted by atomic mass is 9.94. The number of hydrogen-bond donors (Lipinski definition) is 6. The number of nitrogens with zero attached hydrogens (tertiary/aromatic N) is 10. The second kappa shape index (κ2) is 46.3. The standard InChI is InChI=1S/C89H135N15O18/c1-51(2)42-67(93-80(112)59(13)100(20)89(121)122-50-66-64-40-32-30-38-62(64)63-39-31-33-41-65(63)66)82(114)96(16)49-74(106)97(17)57(11)79(111)94-69(44-53(5)6)84(116)102(22)71(46-60-34-26-25-27-35-60)87(119)98(18)56(10)77(109)90-48-73(105)92-68(43-52(3)4)83(115)101(21)70(45-54(7)8)86(118)99(19)58(12)78(110)91-55(9)81(113)104(24)76(61-36-28-29-37-61)88(120)103(23)72(47-75(107)108)85(117)95(14)15/h25-27,30-35,38-41,51-59,61,66-72,76H,28-29,36-37,42-50H2,1-24H3,(H,90,109)(H,91,110)(H,92,105)(H,93,112)(H,94,111)(H,107,108)/t55-,56-,57-,58-,59-,67-,68-,69-,70-,71-,72-,76?/m0/s1. The number of ether oxygens (including phenoxy) is 1. The van der Waals surface area contributed by atoms with Gasteiger partial charge >= 0.3 is 12.1 Å². The Morgan fingerprint density at radius 1 is 0.410 bits per heavy atom. The van der Waals surface area contributed by atoms with E-state index in [1.807, 2.05) is 104 Å². The number of carbonyl (C=O) groups excluding carboxylic acids is 15. The third-order valence-electron chi connectivity index (χ3n) is 23.4. The molecule has 1 saturated carbocycles. The van der Waals surface area contributed by atoms with E-state index in [0.717, 1.165) is 64.5 Å². The van der Waals surface area contributed by atoms with E-state index in [-0.39, 0.29) is 74.2 Å². The molecule has 3 aromatic carbocycles. The SMILES string of the molecule is CC(C)C[C@H](NC(=O)[C@H](C)N(C)C(=O)OCC1c2ccccc2-c2ccccc21)C(=O)N(C)CC(=O)N(C)[C@@H](C)C(=O)N[C@@H](CC(C)C)C(=O)N(C)[C@@H](Cc1ccccc1)C(=O)N(C)[C@@H](C)C(=O)NCC(=O)N[C@@H](CC(C)C)C(=O)N(C)[C@@H](CC(C)C)C(=O)N(C)[C@@H](C)C(=O)N[C@@H](C)C(=O)N(C)C(C(=O)N(C)[C@@H](CC(=O)O)C(=O)N(C)C)C1CCCC1. The maximum Gasteiger partial charge on any atom is 0.410 e. The number of rotatable bonds is 43. The first kappa shape index (κ1) is 102. The van der Waals surface area contributed by atoms with Crippen molar-refractivity contribution in [3.8, 4) is 11.1 Å². The Morgan fingerprint density at radius 3 is 1.31 bits per heavy atom. The molecule has 2 aliphatic rings. The van der Waals surface area contributed by atoms with Gasteiger partial charge in [0.15, 0.2) is 0 Å². The number of likely N-dealkylation sites (N-methyl/N-ethyl adjacent to an activating group) is 10. The van der Waals surface area contributed by atoms with Gasteiger partial charge in [0.05, 0.1) is 19.5 Å². The van der Waals surface area contributed by atoms with Crippen molar-refractivity contribution in [3.63, 3.8) is 0 Å². The molecule has 1 fully saturated rings. The molecule has 3 aromatic rings. The molecule has 33 nitrogen and oxygen atoms in total. The maximum atomic E-state index is 15.0. The van der Waals surface area contributed by atoms with Gasteiger partial charge in [-0.15, -0.1) is 0 Å². The van der Waals surface area contributed by atoms with E-state index in [1.54, 1.807) is 30.3 Å². The zero-order valence-electron chi connectivity index (χ0n) is 75.9. The second-order valence-corrected chi connectivity index (χ2v) is 34.8. The van der Waals surface area contributed by atoms with Crippen molar-refractivity contribution in [3.05, 3.63) is 95.6 Å². The van der Waals surface area contributed by atoms with Crippen LogP contribution in [0.3, 0.4) is 0 Å². The van der Waals surface area contributed by atoms with Gasteiger partial charge in [-0.2, -0.15) is 0 Å². The highest BCUT2D eigenvalue weighted by Crippen LogP contribution is 2.45. The van der Waals surface area contributed by atoms with Gasteiger partial charge in [0.1, 0.15) is 79.1 Å². The van der Waals surface area contributed by atoms with Crippen molar-refractivity contribution in [1.82, 2.24) is 75.6 Å². The van der Waals surface area contributed by atoms with E-state index in [4.69, 9.17) is 4.74 Å². The number of amides is 15. The molecule has 12 atom stereocenters. The molecule has 0 heterocycles. The molecule has 0 aromatic heterocycles. The zero-order valence-corrected chi connectivity index (χ0v) is 75.9. The summed E-state index contributed by atoms with van der Waals surface area (Å²) in [7, 11) is 15.4. The number of carboxylic acid groups (broad SMARTS) is 1. The minimum atomic E-state index is -1.36. The van der Waals surface area contributed by atoms with Gasteiger partial charge in [0.25, 0.3) is 0 Å². The van der Waals surface area contributed by atoms with E-state index in [0.29, 0.717) is 18.4 Å². The van der Waals surface area contributed by atoms with E-state index >= 15 is 0 Å². The molecule has 674 valence electrons. The second-order valence-electron chi connectivity index (χ2n) is 34.8. The van der Waals surface area contributed by atoms with Crippen LogP contribution in [-0.2, 0) is 83.1 Å². The summed E-state index contributed by atoms with van der Waals surface area (Å²) in [5.74, 6) is -12.1. The number of benzene rings is 3. The van der Waals surface area contributed by atoms with Gasteiger partial charge in [-0.1, -0.05) is 147 Å². The van der Waals surface area contributed by atoms with Crippen molar-refractivity contribution < 1.29 is 86.6 Å². The largest absolute Gasteiger partial charge is 0.481 e. The number of carboxylic acids is 1. The van der Waals surface area contributed by atoms with Gasteiger partial charge in [0.2, 0.25) is 82.7 Å². The first-order chi connectivity index (χ1) is 57.1. The van der Waals surface area contributed by atoms with Crippen LogP contribution in [0.2, 0.25) is 0 Å². The number of aliphatic carboxylic acids is 1. The topological polar surface area (TPSA) is 395 Å². The van der Waals surface area contributed by atoms with Gasteiger partial charge in [0, 0.05) is 89.9 Å². The highest BCUT2D eigenvalue weighted by atomic mass is 16.6. The van der Waals surface area contributed by atoms with Crippen LogP contribution in [-0.4, -0.2) is 319 Å². The molecule has 15 amide bonds. The number of nitrogens with one attached hydrogen (secondary N) is 5. The highest BCUT2D eigenvalue weighted by Gasteiger charge is 2.45. The van der Waals surface area contributed by atoms with Gasteiger partial charge in [-0.25, -0.2) is 4.79 Å². The molecule has 0 bridgehead atoms. The van der Waals surface area contributed by atoms with Crippen LogP contribution in [0.15, 0.2) is 78.9 Å². The predicted octanol–water partition coefficient (Wildman–Crippen LogP) is 4.82. The minimum absolute atomic E-state index is 0.0263. The van der Waals surface area contributed by atoms with Crippen LogP contribution >= 0.6 is 0 Å². The lowest BCUT2D eigenvalue weighted by Gasteiger charge is -2.38. The number of carbonyl (C=O) groups is 16. The Balaban J connectivity index is 1.22. The molecule has 5 rings (SSSR count). The number of fused-ring (bicyclic) bond motifs is 3. The molecule has 0 radical (unpaired) electrons. The summed E-state index contributed by atoms with van der Waals surface area (Å²) < 4.78 is 5.81. The first-order valence-corrected chi connectivity index (χ1v) is 42.2. The highest BCUT2D eigenvalue weighted by molar-refractivity contribution is 6.00. The zero-order chi connectivity index (χ0) is 91.9. The average Bonchev–Trinajstić information content (AvgIpc) is 1.61. The fourth-order valence-corrected chi connectivity index (χ4v) is 15.4. The molecular weight excluding hydrogens is 1570 g/mol. The smallest absolute Gasteiger partial charge is 0.410 e. The summed E-state index contributed by atoms with van der Waals surface area (Å²) in [6.45, 7) is 20.8. The summed E-state index contributed by atoms with van der Waals surface area (Å²) in [4.78, 5) is 237. The normalized spacial score (nSPS) is 15.4. The average molecular weight is 1700 g/mol. The van der Waals surface area contributed by atoms with Gasteiger partial charge < -0.3 is 80.5 Å². The van der Waals surface area contributed by atoms with Gasteiger partial charge in [-0.05, 0) is 131 Å². The van der Waals surface area contributed by atoms with Crippen LogP contribution in [0.25, 0.3) is 11.1 Å². The van der Waals surface area contributed by atoms with Crippen molar-refractivity contribution in [2.24, 2.45) is 29.6 Å². The Bertz CT molecular complexity index is 4140. The summed E-state index contributed by atoms with van der Waals surface area (Å²) in [6, 6.07) is 10.0. The van der Waals surface area contributed by atoms with E-state index in [1.165, 1.54) is 132 Å². The summed E-state index contributed by atoms with van der Waals surface area (Å²) in [6.07, 6.45) is 1.69. The third kappa shape index (κ3) is 27.2. The van der Waals surface area contributed by atoms with Crippen LogP contribution in [0, 0.1) is 29.6 Å². The maximum absolute atomic E-state index is 15.0. The molecule has 0 aliphatic heterocycles. The Labute approximate surface area is 719 Å². The molecule has 1 unspecified atom stereocenters. The van der Waals surface area contributed by atoms with Crippen molar-refractivity contribution in [1.29, 1.82) is 0 Å². The fourth-order valence-electron chi connectivity index (χ4n) is 15.4. The Morgan fingerprint density at radius 2 is 0.828 bits per heavy atom. The van der Waals surface area contributed by atoms with Gasteiger partial charge in [-0.3, -0.25) is 76.8 Å². The molecule has 122 heavy (non-hydrogen) atoms. The predicted molar refractivity (Wildman–Crippen MR) is 460 cm³/mol. The van der Waals surface area contributed by atoms with Crippen molar-refractivity contribution >= 4 is 94.8 Å². The Kier molecular flexibility index (Phi) is 38.5. The van der Waals surface area contributed by atoms with Crippen LogP contribution in [0.4, 0.5) is 4.79 Å². The van der Waals surface area contributed by atoms with E-state index in [9.17, 15) is 81.8 Å². The quantitative estimate of drug-likeness (QED) is 0.0442. The molecular formula is C89H135N15O18. The summed E-state index contributed by atoms with van der Waals surface area (Å²) in [5.41, 5.74) is 4.79. The molecule has 33 heteroatoms. The van der Waals surface area contributed by atoms with Crippen LogP contribution in [0.1, 0.15) is 170 Å². The van der Waals surface area contributed by atoms with Crippen molar-refractivity contribution in [2.45, 2.75) is 233 Å². The lowest BCUT2D eigenvalue weighted by molar-refractivity contribution is -0.154. The van der Waals surface area contributed by atoms with Crippen molar-refractivity contribution in [2.75, 3.05) is 97.2 Å². The molecule has 2 aliphatic carbocycles. The summed E-state index contributed by atoms with van der Waals surface area (Å²) in [5, 5.41) is 23.2. The van der Waals surface area contributed by atoms with Crippen LogP contribution in [0.5, 0.6) is 0 Å². The fraction of sp³-hybridized carbons (Fsp3) is 0.618. The monoisotopic (exact) mass is 1700 g/mol. The first-order valence-electron chi connectivity index (χ1n) is 42.2. The molecule has 6 N–H and O–H groups in total. The van der Waals surface area contributed by atoms with E-state index in [2.05, 4.69) is 26.6 Å². The number of hydrogen-bond acceptors (Lipinski definition) is 17. The summed E-state index contributed by atoms with van der Waals surface area (Å²) >= 11 is 0. The molecule has 0 spiro atoms.